The Balaban J connectivity index is 3.27. The third-order valence-corrected chi connectivity index (χ3v) is 7.02. The van der Waals surface area contributed by atoms with Gasteiger partial charge in [0.1, 0.15) is 0 Å². The van der Waals surface area contributed by atoms with Crippen molar-refractivity contribution in [2.45, 2.75) is 149 Å². The van der Waals surface area contributed by atoms with E-state index in [1.54, 1.807) is 0 Å². The van der Waals surface area contributed by atoms with Crippen molar-refractivity contribution in [2.24, 2.45) is 5.92 Å². The van der Waals surface area contributed by atoms with E-state index in [9.17, 15) is 0 Å². The number of hydrogen-bond donors (Lipinski definition) is 0. The van der Waals surface area contributed by atoms with E-state index in [0.717, 1.165) is 5.92 Å². The molecule has 0 aliphatic carbocycles. The molecule has 0 bridgehead atoms. The second-order valence-electron chi connectivity index (χ2n) is 10.7. The third-order valence-electron chi connectivity index (χ3n) is 7.02. The molecule has 1 unspecified atom stereocenters. The summed E-state index contributed by atoms with van der Waals surface area (Å²) in [5.74, 6) is 0.922. The van der Waals surface area contributed by atoms with Crippen molar-refractivity contribution >= 4 is 0 Å². The lowest BCUT2D eigenvalue weighted by molar-refractivity contribution is -0.890. The highest BCUT2D eigenvalue weighted by molar-refractivity contribution is 4.52. The molecule has 0 saturated carbocycles. The molecule has 0 fully saturated rings. The minimum Gasteiger partial charge on any atom is -0.328 e. The van der Waals surface area contributed by atoms with Crippen LogP contribution in [0.5, 0.6) is 0 Å². The molecular formula is C28H60N+. The Kier molecular flexibility index (Phi) is 21.2. The molecule has 1 atom stereocenters. The van der Waals surface area contributed by atoms with Crippen LogP contribution in [0.1, 0.15) is 149 Å². The van der Waals surface area contributed by atoms with Crippen LogP contribution in [-0.2, 0) is 0 Å². The van der Waals surface area contributed by atoms with Gasteiger partial charge in [-0.15, -0.1) is 0 Å². The molecule has 0 aliphatic rings. The molecule has 1 nitrogen and oxygen atoms in total. The first-order valence-corrected chi connectivity index (χ1v) is 13.8. The fourth-order valence-corrected chi connectivity index (χ4v) is 4.44. The number of unbranched alkanes of at least 4 members (excludes halogenated alkanes) is 16. The molecule has 0 spiro atoms. The molecule has 0 aromatic carbocycles. The fourth-order valence-electron chi connectivity index (χ4n) is 4.44. The maximum atomic E-state index is 2.44. The van der Waals surface area contributed by atoms with Crippen molar-refractivity contribution in [3.63, 3.8) is 0 Å². The smallest absolute Gasteiger partial charge is 0.0782 e. The first-order chi connectivity index (χ1) is 14.0. The van der Waals surface area contributed by atoms with Gasteiger partial charge in [-0.25, -0.2) is 0 Å². The second kappa shape index (κ2) is 21.2. The molecule has 0 radical (unpaired) electrons. The summed E-state index contributed by atoms with van der Waals surface area (Å²) in [5, 5.41) is 0. The Morgan fingerprint density at radius 1 is 0.483 bits per heavy atom. The van der Waals surface area contributed by atoms with Gasteiger partial charge in [-0.3, -0.25) is 0 Å². The van der Waals surface area contributed by atoms with Crippen molar-refractivity contribution in [3.05, 3.63) is 0 Å². The normalized spacial score (nSPS) is 13.1. The van der Waals surface area contributed by atoms with Crippen LogP contribution in [0, 0.1) is 5.92 Å². The number of hydrogen-bond acceptors (Lipinski definition) is 0. The summed E-state index contributed by atoms with van der Waals surface area (Å²) in [6, 6.07) is 0. The third kappa shape index (κ3) is 22.5. The van der Waals surface area contributed by atoms with E-state index in [-0.39, 0.29) is 0 Å². The van der Waals surface area contributed by atoms with E-state index in [2.05, 4.69) is 34.9 Å². The highest BCUT2D eigenvalue weighted by Gasteiger charge is 2.13. The average Bonchev–Trinajstić information content (AvgIpc) is 2.70. The Hall–Kier alpha value is -0.0400. The SMILES string of the molecule is CCCCCCCCCCCCCCCCCC[N+](C)(C)CCCCC(C)CC. The summed E-state index contributed by atoms with van der Waals surface area (Å²) < 4.78 is 1.24. The quantitative estimate of drug-likeness (QED) is 0.116. The van der Waals surface area contributed by atoms with Crippen LogP contribution in [0.15, 0.2) is 0 Å². The van der Waals surface area contributed by atoms with Crippen LogP contribution in [0.4, 0.5) is 0 Å². The highest BCUT2D eigenvalue weighted by Crippen LogP contribution is 2.15. The van der Waals surface area contributed by atoms with Gasteiger partial charge in [-0.05, 0) is 31.6 Å². The van der Waals surface area contributed by atoms with E-state index in [4.69, 9.17) is 0 Å². The summed E-state index contributed by atoms with van der Waals surface area (Å²) in [6.45, 7) is 9.77. The largest absolute Gasteiger partial charge is 0.328 e. The van der Waals surface area contributed by atoms with Gasteiger partial charge >= 0.3 is 0 Å². The first kappa shape index (κ1) is 29.0. The van der Waals surface area contributed by atoms with Crippen molar-refractivity contribution in [1.82, 2.24) is 0 Å². The zero-order valence-corrected chi connectivity index (χ0v) is 21.6. The topological polar surface area (TPSA) is 0 Å². The summed E-state index contributed by atoms with van der Waals surface area (Å²) in [6.07, 6.45) is 29.0. The molecule has 29 heavy (non-hydrogen) atoms. The minimum absolute atomic E-state index is 0.922. The van der Waals surface area contributed by atoms with E-state index in [1.165, 1.54) is 146 Å². The van der Waals surface area contributed by atoms with Crippen LogP contribution in [0.2, 0.25) is 0 Å². The van der Waals surface area contributed by atoms with Crippen LogP contribution in [-0.4, -0.2) is 31.7 Å². The van der Waals surface area contributed by atoms with E-state index >= 15 is 0 Å². The van der Waals surface area contributed by atoms with E-state index in [0.29, 0.717) is 0 Å². The van der Waals surface area contributed by atoms with Gasteiger partial charge in [0.05, 0.1) is 27.2 Å². The van der Waals surface area contributed by atoms with Crippen molar-refractivity contribution < 1.29 is 4.48 Å². The molecule has 0 heterocycles. The van der Waals surface area contributed by atoms with Gasteiger partial charge in [0.2, 0.25) is 0 Å². The maximum Gasteiger partial charge on any atom is 0.0782 e. The molecular weight excluding hydrogens is 350 g/mol. The predicted molar refractivity (Wildman–Crippen MR) is 135 cm³/mol. The molecule has 0 saturated heterocycles. The van der Waals surface area contributed by atoms with Gasteiger partial charge < -0.3 is 4.48 Å². The molecule has 0 rings (SSSR count). The number of nitrogens with zero attached hydrogens (tertiary/aromatic N) is 1. The van der Waals surface area contributed by atoms with Crippen molar-refractivity contribution in [3.8, 4) is 0 Å². The molecule has 0 aliphatic heterocycles. The molecule has 0 aromatic rings. The zero-order chi connectivity index (χ0) is 21.6. The Morgan fingerprint density at radius 2 is 0.828 bits per heavy atom. The van der Waals surface area contributed by atoms with Crippen molar-refractivity contribution in [2.75, 3.05) is 27.2 Å². The van der Waals surface area contributed by atoms with Gasteiger partial charge in [-0.1, -0.05) is 124 Å². The Bertz CT molecular complexity index is 309. The van der Waals surface area contributed by atoms with Crippen molar-refractivity contribution in [1.29, 1.82) is 0 Å². The summed E-state index contributed by atoms with van der Waals surface area (Å²) in [4.78, 5) is 0. The molecule has 1 heteroatoms. The standard InChI is InChI=1S/C28H60N/c1-6-8-9-10-11-12-13-14-15-16-17-18-19-20-21-23-26-29(4,5)27-24-22-25-28(3)7-2/h28H,6-27H2,1-5H3/q+1. The summed E-state index contributed by atoms with van der Waals surface area (Å²) in [7, 11) is 4.88. The zero-order valence-electron chi connectivity index (χ0n) is 21.6. The monoisotopic (exact) mass is 410 g/mol. The minimum atomic E-state index is 0.922. The van der Waals surface area contributed by atoms with Crippen LogP contribution >= 0.6 is 0 Å². The molecule has 0 amide bonds. The molecule has 0 N–H and O–H groups in total. The lowest BCUT2D eigenvalue weighted by atomic mass is 10.0. The fraction of sp³-hybridized carbons (Fsp3) is 1.00. The summed E-state index contributed by atoms with van der Waals surface area (Å²) >= 11 is 0. The molecule has 0 aromatic heterocycles. The van der Waals surface area contributed by atoms with Crippen LogP contribution in [0.25, 0.3) is 0 Å². The van der Waals surface area contributed by atoms with Gasteiger partial charge in [-0.2, -0.15) is 0 Å². The maximum absolute atomic E-state index is 2.44. The van der Waals surface area contributed by atoms with Crippen LogP contribution in [0.3, 0.4) is 0 Å². The highest BCUT2D eigenvalue weighted by atomic mass is 15.3. The predicted octanol–water partition coefficient (Wildman–Crippen LogP) is 9.54. The first-order valence-electron chi connectivity index (χ1n) is 13.8. The van der Waals surface area contributed by atoms with E-state index in [1.807, 2.05) is 0 Å². The lowest BCUT2D eigenvalue weighted by Gasteiger charge is -2.30. The van der Waals surface area contributed by atoms with E-state index < -0.39 is 0 Å². The Morgan fingerprint density at radius 3 is 1.21 bits per heavy atom. The number of quaternary nitrogens is 1. The van der Waals surface area contributed by atoms with Crippen LogP contribution < -0.4 is 0 Å². The van der Waals surface area contributed by atoms with Gasteiger partial charge in [0, 0.05) is 0 Å². The summed E-state index contributed by atoms with van der Waals surface area (Å²) in [5.41, 5.74) is 0. The second-order valence-corrected chi connectivity index (χ2v) is 10.7. The average molecular weight is 411 g/mol. The molecule has 176 valence electrons. The number of rotatable bonds is 23. The van der Waals surface area contributed by atoms with Gasteiger partial charge in [0.15, 0.2) is 0 Å². The Labute approximate surface area is 187 Å². The van der Waals surface area contributed by atoms with Gasteiger partial charge in [0.25, 0.3) is 0 Å². The lowest BCUT2D eigenvalue weighted by Crippen LogP contribution is -2.41.